The van der Waals surface area contributed by atoms with E-state index in [9.17, 15) is 9.59 Å². The van der Waals surface area contributed by atoms with Crippen molar-refractivity contribution < 1.29 is 9.59 Å². The zero-order valence-corrected chi connectivity index (χ0v) is 9.19. The zero-order chi connectivity index (χ0) is 11.1. The van der Waals surface area contributed by atoms with Gasteiger partial charge in [-0.05, 0) is 6.92 Å². The predicted octanol–water partition coefficient (Wildman–Crippen LogP) is -0.743. The first-order valence-electron chi connectivity index (χ1n) is 4.27. The lowest BCUT2D eigenvalue weighted by molar-refractivity contribution is -0.134. The zero-order valence-electron chi connectivity index (χ0n) is 8.37. The Morgan fingerprint density at radius 2 is 2.07 bits per heavy atom. The molecule has 5 nitrogen and oxygen atoms in total. The molecule has 0 bridgehead atoms. The van der Waals surface area contributed by atoms with Gasteiger partial charge in [0.15, 0.2) is 0 Å². The van der Waals surface area contributed by atoms with E-state index in [1.807, 2.05) is 0 Å². The van der Waals surface area contributed by atoms with Gasteiger partial charge >= 0.3 is 0 Å². The average Bonchev–Trinajstić information content (AvgIpc) is 2.12. The summed E-state index contributed by atoms with van der Waals surface area (Å²) in [7, 11) is 1.52. The Hall–Kier alpha value is -1.17. The van der Waals surface area contributed by atoms with E-state index >= 15 is 0 Å². The van der Waals surface area contributed by atoms with Crippen LogP contribution >= 0.6 is 12.2 Å². The number of rotatable bonds is 5. The van der Waals surface area contributed by atoms with Gasteiger partial charge in [0.05, 0.1) is 18.0 Å². The minimum absolute atomic E-state index is 0.0141. The Kier molecular flexibility index (Phi) is 5.78. The quantitative estimate of drug-likeness (QED) is 0.595. The van der Waals surface area contributed by atoms with Gasteiger partial charge in [-0.1, -0.05) is 12.2 Å². The highest BCUT2D eigenvalue weighted by molar-refractivity contribution is 7.80. The molecule has 0 heterocycles. The van der Waals surface area contributed by atoms with Crippen LogP contribution in [0.1, 0.15) is 13.3 Å². The Labute approximate surface area is 88.6 Å². The minimum Gasteiger partial charge on any atom is -0.393 e. The van der Waals surface area contributed by atoms with Gasteiger partial charge < -0.3 is 16.0 Å². The number of hydrogen-bond acceptors (Lipinski definition) is 3. The van der Waals surface area contributed by atoms with Crippen molar-refractivity contribution in [2.45, 2.75) is 13.3 Å². The molecule has 80 valence electrons. The maximum atomic E-state index is 11.4. The van der Waals surface area contributed by atoms with Crippen LogP contribution in [0, 0.1) is 0 Å². The van der Waals surface area contributed by atoms with Crippen LogP contribution in [0.2, 0.25) is 0 Å². The molecule has 0 aliphatic rings. The number of nitrogens with zero attached hydrogens (tertiary/aromatic N) is 1. The van der Waals surface area contributed by atoms with Gasteiger partial charge in [-0.25, -0.2) is 0 Å². The summed E-state index contributed by atoms with van der Waals surface area (Å²) in [4.78, 5) is 24.0. The van der Waals surface area contributed by atoms with Crippen molar-refractivity contribution in [3.05, 3.63) is 0 Å². The summed E-state index contributed by atoms with van der Waals surface area (Å²) < 4.78 is 0. The molecule has 0 atom stereocenters. The molecule has 0 saturated carbocycles. The van der Waals surface area contributed by atoms with Crippen LogP contribution in [0.4, 0.5) is 0 Å². The summed E-state index contributed by atoms with van der Waals surface area (Å²) in [6, 6.07) is 0. The number of hydrogen-bond donors (Lipinski definition) is 2. The molecule has 6 heteroatoms. The Bertz CT molecular complexity index is 243. The second kappa shape index (κ2) is 6.31. The second-order valence-electron chi connectivity index (χ2n) is 2.72. The molecular weight excluding hydrogens is 202 g/mol. The van der Waals surface area contributed by atoms with Crippen molar-refractivity contribution in [2.75, 3.05) is 20.1 Å². The normalized spacial score (nSPS) is 9.29. The van der Waals surface area contributed by atoms with E-state index in [0.717, 1.165) is 0 Å². The van der Waals surface area contributed by atoms with Crippen LogP contribution in [-0.4, -0.2) is 41.8 Å². The van der Waals surface area contributed by atoms with E-state index in [2.05, 4.69) is 17.5 Å². The standard InChI is InChI=1S/C8H15N3O2S/c1-3-11(5-7(12)10-2)8(13)4-6(9)14/h3-5H2,1-2H3,(H2,9,14)(H,10,12). The van der Waals surface area contributed by atoms with Crippen LogP contribution in [0.25, 0.3) is 0 Å². The SMILES string of the molecule is CCN(CC(=O)NC)C(=O)CC(N)=S. The second-order valence-corrected chi connectivity index (χ2v) is 3.25. The fourth-order valence-electron chi connectivity index (χ4n) is 0.890. The maximum absolute atomic E-state index is 11.4. The van der Waals surface area contributed by atoms with Gasteiger partial charge in [0.2, 0.25) is 11.8 Å². The first-order chi connectivity index (χ1) is 6.51. The third-order valence-electron chi connectivity index (χ3n) is 1.67. The topological polar surface area (TPSA) is 75.4 Å². The van der Waals surface area contributed by atoms with Gasteiger partial charge in [-0.15, -0.1) is 0 Å². The first kappa shape index (κ1) is 12.8. The van der Waals surface area contributed by atoms with Crippen molar-refractivity contribution >= 4 is 29.0 Å². The molecule has 0 aromatic rings. The molecule has 3 N–H and O–H groups in total. The third-order valence-corrected chi connectivity index (χ3v) is 1.82. The summed E-state index contributed by atoms with van der Waals surface area (Å²) in [6.45, 7) is 2.31. The summed E-state index contributed by atoms with van der Waals surface area (Å²) in [6.07, 6.45) is 0.0141. The predicted molar refractivity (Wildman–Crippen MR) is 57.7 cm³/mol. The van der Waals surface area contributed by atoms with E-state index in [-0.39, 0.29) is 29.8 Å². The highest BCUT2D eigenvalue weighted by atomic mass is 32.1. The van der Waals surface area contributed by atoms with E-state index in [4.69, 9.17) is 5.73 Å². The Morgan fingerprint density at radius 3 is 2.43 bits per heavy atom. The summed E-state index contributed by atoms with van der Waals surface area (Å²) >= 11 is 4.61. The molecule has 14 heavy (non-hydrogen) atoms. The highest BCUT2D eigenvalue weighted by Crippen LogP contribution is 1.94. The van der Waals surface area contributed by atoms with E-state index < -0.39 is 0 Å². The van der Waals surface area contributed by atoms with Crippen LogP contribution in [0.5, 0.6) is 0 Å². The smallest absolute Gasteiger partial charge is 0.239 e. The molecule has 0 saturated heterocycles. The molecule has 0 aliphatic heterocycles. The average molecular weight is 217 g/mol. The van der Waals surface area contributed by atoms with Crippen molar-refractivity contribution in [1.29, 1.82) is 0 Å². The number of thiocarbonyl (C=S) groups is 1. The maximum Gasteiger partial charge on any atom is 0.239 e. The molecule has 0 aromatic heterocycles. The molecule has 0 unspecified atom stereocenters. The minimum atomic E-state index is -0.219. The molecule has 0 aromatic carbocycles. The van der Waals surface area contributed by atoms with Gasteiger partial charge in [-0.2, -0.15) is 0 Å². The monoisotopic (exact) mass is 217 g/mol. The lowest BCUT2D eigenvalue weighted by atomic mass is 10.3. The molecule has 0 fully saturated rings. The van der Waals surface area contributed by atoms with E-state index in [0.29, 0.717) is 6.54 Å². The molecule has 0 rings (SSSR count). The van der Waals surface area contributed by atoms with Crippen molar-refractivity contribution in [1.82, 2.24) is 10.2 Å². The van der Waals surface area contributed by atoms with Crippen molar-refractivity contribution in [3.63, 3.8) is 0 Å². The molecular formula is C8H15N3O2S. The lowest BCUT2D eigenvalue weighted by Gasteiger charge is -2.19. The summed E-state index contributed by atoms with van der Waals surface area (Å²) in [5.74, 6) is -0.424. The summed E-state index contributed by atoms with van der Waals surface area (Å²) in [5.41, 5.74) is 5.23. The van der Waals surface area contributed by atoms with Crippen molar-refractivity contribution in [2.24, 2.45) is 5.73 Å². The number of nitrogens with two attached hydrogens (primary N) is 1. The molecule has 0 aliphatic carbocycles. The van der Waals surface area contributed by atoms with Crippen molar-refractivity contribution in [3.8, 4) is 0 Å². The van der Waals surface area contributed by atoms with Gasteiger partial charge in [0.1, 0.15) is 0 Å². The first-order valence-corrected chi connectivity index (χ1v) is 4.68. The Morgan fingerprint density at radius 1 is 1.50 bits per heavy atom. The van der Waals surface area contributed by atoms with Crippen LogP contribution in [0.15, 0.2) is 0 Å². The van der Waals surface area contributed by atoms with Crippen LogP contribution in [0.3, 0.4) is 0 Å². The fourth-order valence-corrected chi connectivity index (χ4v) is 1.01. The van der Waals surface area contributed by atoms with Gasteiger partial charge in [-0.3, -0.25) is 9.59 Å². The number of carbonyl (C=O) groups is 2. The molecule has 0 radical (unpaired) electrons. The third kappa shape index (κ3) is 4.76. The van der Waals surface area contributed by atoms with E-state index in [1.54, 1.807) is 6.92 Å². The fraction of sp³-hybridized carbons (Fsp3) is 0.625. The summed E-state index contributed by atoms with van der Waals surface area (Å²) in [5, 5.41) is 2.44. The number of nitrogens with one attached hydrogen (secondary N) is 1. The van der Waals surface area contributed by atoms with Crippen LogP contribution < -0.4 is 11.1 Å². The van der Waals surface area contributed by atoms with Crippen LogP contribution in [-0.2, 0) is 9.59 Å². The lowest BCUT2D eigenvalue weighted by Crippen LogP contribution is -2.40. The van der Waals surface area contributed by atoms with Gasteiger partial charge in [0, 0.05) is 13.6 Å². The van der Waals surface area contributed by atoms with Gasteiger partial charge in [0.25, 0.3) is 0 Å². The Balaban J connectivity index is 4.19. The largest absolute Gasteiger partial charge is 0.393 e. The molecule has 2 amide bonds. The molecule has 0 spiro atoms. The number of carbonyl (C=O) groups excluding carboxylic acids is 2. The number of likely N-dealkylation sites (N-methyl/N-ethyl adjacent to an activating group) is 2. The van der Waals surface area contributed by atoms with E-state index in [1.165, 1.54) is 11.9 Å². The number of amides is 2. The highest BCUT2D eigenvalue weighted by Gasteiger charge is 2.14.